The fourth-order valence-corrected chi connectivity index (χ4v) is 1.07. The Morgan fingerprint density at radius 1 is 0.800 bits per heavy atom. The van der Waals surface area contributed by atoms with E-state index < -0.39 is 43.9 Å². The Morgan fingerprint density at radius 3 is 1.55 bits per heavy atom. The van der Waals surface area contributed by atoms with Gasteiger partial charge in [-0.15, -0.1) is 0 Å². The Hall–Kier alpha value is -2.04. The zero-order valence-electron chi connectivity index (χ0n) is 10.3. The van der Waals surface area contributed by atoms with E-state index in [1.165, 1.54) is 0 Å². The average molecular weight is 334 g/mol. The minimum absolute atomic E-state index is 0. The maximum atomic E-state index is 10.4. The van der Waals surface area contributed by atoms with Crippen LogP contribution in [0, 0.1) is 0 Å². The molecule has 0 rings (SSSR count). The number of amides is 3. The van der Waals surface area contributed by atoms with Crippen molar-refractivity contribution in [2.75, 3.05) is 19.6 Å². The number of rotatable bonds is 6. The monoisotopic (exact) mass is 334 g/mol. The largest absolute Gasteiger partial charge is 5.00 e. The first-order valence-electron chi connectivity index (χ1n) is 4.61. The molecule has 1 radical (unpaired) electrons. The van der Waals surface area contributed by atoms with E-state index in [0.717, 1.165) is 0 Å². The van der Waals surface area contributed by atoms with Crippen LogP contribution in [0.25, 0.3) is 0 Å². The van der Waals surface area contributed by atoms with Gasteiger partial charge in [0.2, 0.25) is 0 Å². The molecule has 0 unspecified atom stereocenters. The third-order valence-electron chi connectivity index (χ3n) is 1.83. The zero-order valence-corrected chi connectivity index (χ0v) is 11.4. The fourth-order valence-electron chi connectivity index (χ4n) is 1.07. The predicted octanol–water partition coefficient (Wildman–Crippen LogP) is -4.87. The van der Waals surface area contributed by atoms with Gasteiger partial charge in [0.25, 0.3) is 0 Å². The summed E-state index contributed by atoms with van der Waals surface area (Å²) in [5.41, 5.74) is 0. The molecule has 0 heterocycles. The molecule has 0 saturated carbocycles. The first-order valence-corrected chi connectivity index (χ1v) is 4.61. The van der Waals surface area contributed by atoms with Crippen LogP contribution < -0.4 is 26.6 Å². The van der Waals surface area contributed by atoms with E-state index in [1.54, 1.807) is 0 Å². The van der Waals surface area contributed by atoms with Crippen molar-refractivity contribution in [3.8, 4) is 0 Å². The van der Waals surface area contributed by atoms with E-state index in [0.29, 0.717) is 4.90 Å². The first kappa shape index (κ1) is 23.1. The molecule has 11 nitrogen and oxygen atoms in total. The maximum absolute atomic E-state index is 10.4. The number of carbonyl (C=O) groups is 4. The van der Waals surface area contributed by atoms with Gasteiger partial charge in [-0.2, -0.15) is 0 Å². The van der Waals surface area contributed by atoms with Crippen molar-refractivity contribution in [1.82, 2.24) is 16.0 Å². The number of aliphatic carboxylic acids is 1. The van der Waals surface area contributed by atoms with Crippen molar-refractivity contribution in [2.45, 2.75) is 6.42 Å². The quantitative estimate of drug-likeness (QED) is 0.465. The topological polar surface area (TPSA) is 204 Å². The van der Waals surface area contributed by atoms with E-state index in [1.807, 2.05) is 0 Å². The van der Waals surface area contributed by atoms with Crippen molar-refractivity contribution in [2.24, 2.45) is 0 Å². The molecule has 0 saturated heterocycles. The van der Waals surface area contributed by atoms with E-state index in [4.69, 9.17) is 0 Å². The zero-order chi connectivity index (χ0) is 14.3. The molecule has 0 fully saturated rings. The number of carbonyl (C=O) groups excluding carboxylic acids is 4. The van der Waals surface area contributed by atoms with Gasteiger partial charge in [-0.1, -0.05) is 0 Å². The van der Waals surface area contributed by atoms with Crippen LogP contribution >= 0.6 is 0 Å². The van der Waals surface area contributed by atoms with Gasteiger partial charge in [-0.25, -0.2) is 0 Å². The third-order valence-corrected chi connectivity index (χ3v) is 1.83. The second-order valence-electron chi connectivity index (χ2n) is 3.10. The minimum Gasteiger partial charge on any atom is -0.548 e. The second kappa shape index (κ2) is 10.8. The van der Waals surface area contributed by atoms with Gasteiger partial charge in [0.1, 0.15) is 18.3 Å². The van der Waals surface area contributed by atoms with Crippen LogP contribution in [0.1, 0.15) is 6.42 Å². The van der Waals surface area contributed by atoms with Crippen LogP contribution in [-0.4, -0.2) is 53.7 Å². The molecule has 0 spiro atoms. The fraction of sp³-hybridized carbons (Fsp3) is 0.500. The SMILES string of the molecule is O=C([O-])CN(CCCN(C(=O)[O-])C(=O)[O-])C(=O)[O-].[Fe+5].[NH4+]. The smallest absolute Gasteiger partial charge is 0.548 e. The number of hydrogen-bond donors (Lipinski definition) is 1. The number of hydrogen-bond acceptors (Lipinski definition) is 8. The summed E-state index contributed by atoms with van der Waals surface area (Å²) in [6.45, 7) is -2.01. The van der Waals surface area contributed by atoms with Gasteiger partial charge in [0, 0.05) is 13.1 Å². The van der Waals surface area contributed by atoms with Crippen LogP contribution in [0.15, 0.2) is 0 Å². The number of carboxylic acid groups (broad SMARTS) is 4. The summed E-state index contributed by atoms with van der Waals surface area (Å²) < 4.78 is 0. The molecule has 0 bridgehead atoms. The van der Waals surface area contributed by atoms with Gasteiger partial charge >= 0.3 is 17.1 Å². The Kier molecular flexibility index (Phi) is 12.5. The molecule has 3 amide bonds. The van der Waals surface area contributed by atoms with Crippen LogP contribution in [0.4, 0.5) is 14.4 Å². The standard InChI is InChI=1S/C8H12N2O8.Fe.H3N/c11-5(12)4-9(6(13)14)2-1-3-10(7(15)16)8(17)18;;/h1-4H2,(H,11,12)(H,13,14)(H,15,16)(H,17,18);;1H3/q;+5;/p-3. The second-order valence-corrected chi connectivity index (χ2v) is 3.10. The Balaban J connectivity index is -0.00000144. The molecule has 0 aromatic rings. The van der Waals surface area contributed by atoms with E-state index >= 15 is 0 Å². The Bertz CT molecular complexity index is 350. The van der Waals surface area contributed by atoms with Gasteiger partial charge in [0.05, 0.1) is 12.5 Å². The van der Waals surface area contributed by atoms with Crippen LogP contribution in [-0.2, 0) is 21.9 Å². The van der Waals surface area contributed by atoms with Crippen molar-refractivity contribution in [1.29, 1.82) is 0 Å². The van der Waals surface area contributed by atoms with Crippen LogP contribution in [0.3, 0.4) is 0 Å². The first-order chi connectivity index (χ1) is 8.25. The molecule has 12 heteroatoms. The van der Waals surface area contributed by atoms with E-state index in [-0.39, 0.29) is 34.5 Å². The van der Waals surface area contributed by atoms with Crippen molar-refractivity contribution < 1.29 is 56.7 Å². The Labute approximate surface area is 123 Å². The normalized spacial score (nSPS) is 8.60. The molecule has 20 heavy (non-hydrogen) atoms. The molecule has 0 aliphatic carbocycles. The number of carboxylic acids is 1. The maximum Gasteiger partial charge on any atom is 5.00 e. The number of nitrogens with zero attached hydrogens (tertiary/aromatic N) is 2. The molecule has 0 aromatic heterocycles. The summed E-state index contributed by atoms with van der Waals surface area (Å²) in [6, 6.07) is 0. The van der Waals surface area contributed by atoms with Crippen molar-refractivity contribution >= 4 is 24.2 Å². The Morgan fingerprint density at radius 2 is 1.25 bits per heavy atom. The molecule has 0 aliphatic rings. The molecule has 0 aromatic carbocycles. The van der Waals surface area contributed by atoms with Crippen molar-refractivity contribution in [3.63, 3.8) is 0 Å². The van der Waals surface area contributed by atoms with E-state index in [2.05, 4.69) is 0 Å². The average Bonchev–Trinajstić information content (AvgIpc) is 2.20. The van der Waals surface area contributed by atoms with Gasteiger partial charge < -0.3 is 55.6 Å². The molecule has 0 atom stereocenters. The summed E-state index contributed by atoms with van der Waals surface area (Å²) in [4.78, 5) is 41.3. The molecular weight excluding hydrogens is 322 g/mol. The third kappa shape index (κ3) is 8.97. The van der Waals surface area contributed by atoms with Gasteiger partial charge in [0.15, 0.2) is 0 Å². The van der Waals surface area contributed by atoms with Crippen molar-refractivity contribution in [3.05, 3.63) is 0 Å². The molecule has 113 valence electrons. The molecule has 0 aliphatic heterocycles. The summed E-state index contributed by atoms with van der Waals surface area (Å²) in [5.74, 6) is -1.67. The van der Waals surface area contributed by atoms with E-state index in [9.17, 15) is 39.6 Å². The number of quaternary nitrogens is 1. The minimum atomic E-state index is -2.02. The summed E-state index contributed by atoms with van der Waals surface area (Å²) in [7, 11) is 0. The summed E-state index contributed by atoms with van der Waals surface area (Å²) in [5, 5.41) is 41.1. The molecular formula is C8H12FeN3O8+2. The van der Waals surface area contributed by atoms with Crippen LogP contribution in [0.2, 0.25) is 0 Å². The summed E-state index contributed by atoms with van der Waals surface area (Å²) in [6.07, 6.45) is -6.11. The van der Waals surface area contributed by atoms with Crippen LogP contribution in [0.5, 0.6) is 0 Å². The number of imide groups is 1. The van der Waals surface area contributed by atoms with Gasteiger partial charge in [-0.05, 0) is 6.42 Å². The summed E-state index contributed by atoms with van der Waals surface area (Å²) >= 11 is 0. The van der Waals surface area contributed by atoms with Gasteiger partial charge in [-0.3, -0.25) is 0 Å². The molecule has 4 N–H and O–H groups in total. The predicted molar refractivity (Wildman–Crippen MR) is 50.1 cm³/mol.